The second kappa shape index (κ2) is 8.67. The lowest BCUT2D eigenvalue weighted by Crippen LogP contribution is -2.22. The third-order valence-electron chi connectivity index (χ3n) is 4.75. The molecule has 0 bridgehead atoms. The van der Waals surface area contributed by atoms with Gasteiger partial charge < -0.3 is 15.0 Å². The highest BCUT2D eigenvalue weighted by molar-refractivity contribution is 7.89. The van der Waals surface area contributed by atoms with E-state index in [0.29, 0.717) is 24.3 Å². The average molecular weight is 416 g/mol. The Morgan fingerprint density at radius 2 is 1.93 bits per heavy atom. The number of nitrogens with zero attached hydrogens (tertiary/aromatic N) is 1. The molecule has 0 aliphatic carbocycles. The van der Waals surface area contributed by atoms with E-state index >= 15 is 0 Å². The number of benzene rings is 2. The van der Waals surface area contributed by atoms with Crippen molar-refractivity contribution < 1.29 is 17.9 Å². The van der Waals surface area contributed by atoms with Crippen LogP contribution in [0.25, 0.3) is 10.9 Å². The Hall–Kier alpha value is -2.84. The number of aromatic nitrogens is 1. The van der Waals surface area contributed by atoms with Crippen LogP contribution in [0.2, 0.25) is 0 Å². The van der Waals surface area contributed by atoms with Crippen molar-refractivity contribution in [3.8, 4) is 5.75 Å². The Balaban J connectivity index is 1.66. The van der Waals surface area contributed by atoms with E-state index in [-0.39, 0.29) is 10.8 Å². The fraction of sp³-hybridized carbons (Fsp3) is 0.286. The first-order valence-electron chi connectivity index (χ1n) is 9.28. The number of carbonyl (C=O) groups is 1. The van der Waals surface area contributed by atoms with Crippen LogP contribution in [0.15, 0.2) is 53.6 Å². The number of ether oxygens (including phenoxy) is 1. The first-order chi connectivity index (χ1) is 13.8. The van der Waals surface area contributed by atoms with E-state index in [0.717, 1.165) is 21.6 Å². The minimum absolute atomic E-state index is 0.0948. The van der Waals surface area contributed by atoms with Crippen LogP contribution in [0, 0.1) is 0 Å². The summed E-state index contributed by atoms with van der Waals surface area (Å²) < 4.78 is 31.1. The lowest BCUT2D eigenvalue weighted by atomic mass is 10.1. The Kier molecular flexibility index (Phi) is 6.24. The van der Waals surface area contributed by atoms with Crippen LogP contribution in [0.3, 0.4) is 0 Å². The number of hydrogen-bond donors (Lipinski definition) is 2. The molecule has 0 atom stereocenters. The molecule has 2 N–H and O–H groups in total. The van der Waals surface area contributed by atoms with Crippen molar-refractivity contribution in [1.29, 1.82) is 0 Å². The van der Waals surface area contributed by atoms with Crippen LogP contribution in [-0.4, -0.2) is 44.8 Å². The summed E-state index contributed by atoms with van der Waals surface area (Å²) in [4.78, 5) is 15.8. The van der Waals surface area contributed by atoms with Crippen LogP contribution in [-0.2, 0) is 21.2 Å². The number of hydrogen-bond acceptors (Lipinski definition) is 4. The van der Waals surface area contributed by atoms with Gasteiger partial charge in [-0.25, -0.2) is 12.7 Å². The zero-order chi connectivity index (χ0) is 21.0. The quantitative estimate of drug-likeness (QED) is 0.590. The van der Waals surface area contributed by atoms with Gasteiger partial charge in [0.1, 0.15) is 5.75 Å². The Morgan fingerprint density at radius 1 is 1.17 bits per heavy atom. The zero-order valence-electron chi connectivity index (χ0n) is 16.7. The number of rotatable bonds is 8. The van der Waals surface area contributed by atoms with Gasteiger partial charge in [-0.1, -0.05) is 18.2 Å². The van der Waals surface area contributed by atoms with E-state index in [1.807, 2.05) is 24.4 Å². The van der Waals surface area contributed by atoms with Gasteiger partial charge in [-0.3, -0.25) is 4.79 Å². The van der Waals surface area contributed by atoms with Crippen molar-refractivity contribution in [2.24, 2.45) is 0 Å². The van der Waals surface area contributed by atoms with E-state index in [9.17, 15) is 13.2 Å². The van der Waals surface area contributed by atoms with Gasteiger partial charge >= 0.3 is 0 Å². The minimum atomic E-state index is -3.60. The Labute approximate surface area is 170 Å². The van der Waals surface area contributed by atoms with Gasteiger partial charge in [0.05, 0.1) is 17.7 Å². The molecular formula is C21H25N3O4S. The summed E-state index contributed by atoms with van der Waals surface area (Å²) >= 11 is 0. The standard InChI is InChI=1S/C21H25N3O4S/c1-24(2)29(26,27)16-11-12-20(28-3)19(13-16)23-21(25)10-6-7-15-14-22-18-9-5-4-8-17(15)18/h4-5,8-9,11-14,22H,6-7,10H2,1-3H3,(H,23,25). The number of para-hydroxylation sites is 1. The minimum Gasteiger partial charge on any atom is -0.495 e. The number of H-pyrrole nitrogens is 1. The van der Waals surface area contributed by atoms with Crippen LogP contribution < -0.4 is 10.1 Å². The largest absolute Gasteiger partial charge is 0.495 e. The summed E-state index contributed by atoms with van der Waals surface area (Å²) in [5.74, 6) is 0.218. The van der Waals surface area contributed by atoms with Crippen molar-refractivity contribution in [2.75, 3.05) is 26.5 Å². The van der Waals surface area contributed by atoms with Crippen molar-refractivity contribution in [1.82, 2.24) is 9.29 Å². The number of amides is 1. The van der Waals surface area contributed by atoms with E-state index in [2.05, 4.69) is 16.4 Å². The smallest absolute Gasteiger partial charge is 0.242 e. The summed E-state index contributed by atoms with van der Waals surface area (Å²) in [5.41, 5.74) is 2.59. The van der Waals surface area contributed by atoms with Crippen LogP contribution in [0.4, 0.5) is 5.69 Å². The lowest BCUT2D eigenvalue weighted by Gasteiger charge is -2.15. The second-order valence-electron chi connectivity index (χ2n) is 6.91. The van der Waals surface area contributed by atoms with Gasteiger partial charge in [-0.15, -0.1) is 0 Å². The average Bonchev–Trinajstić information content (AvgIpc) is 3.11. The van der Waals surface area contributed by atoms with Gasteiger partial charge in [-0.2, -0.15) is 0 Å². The Bertz CT molecular complexity index is 1120. The topological polar surface area (TPSA) is 91.5 Å². The summed E-state index contributed by atoms with van der Waals surface area (Å²) in [7, 11) is 0.791. The molecule has 1 amide bonds. The molecule has 0 fully saturated rings. The maximum atomic E-state index is 12.4. The summed E-state index contributed by atoms with van der Waals surface area (Å²) in [5, 5.41) is 3.94. The number of methoxy groups -OCH3 is 1. The van der Waals surface area contributed by atoms with E-state index in [4.69, 9.17) is 4.74 Å². The molecule has 0 saturated carbocycles. The molecule has 0 aliphatic heterocycles. The summed E-state index contributed by atoms with van der Waals surface area (Å²) in [6.07, 6.45) is 3.73. The molecule has 2 aromatic carbocycles. The van der Waals surface area contributed by atoms with Gasteiger partial charge in [0, 0.05) is 37.6 Å². The normalized spacial score (nSPS) is 11.7. The number of anilines is 1. The number of fused-ring (bicyclic) bond motifs is 1. The van der Waals surface area contributed by atoms with Gasteiger partial charge in [-0.05, 0) is 42.7 Å². The molecule has 8 heteroatoms. The molecular weight excluding hydrogens is 390 g/mol. The molecule has 0 radical (unpaired) electrons. The second-order valence-corrected chi connectivity index (χ2v) is 9.06. The first-order valence-corrected chi connectivity index (χ1v) is 10.7. The number of aryl methyl sites for hydroxylation is 1. The highest BCUT2D eigenvalue weighted by atomic mass is 32.2. The van der Waals surface area contributed by atoms with E-state index in [1.165, 1.54) is 45.0 Å². The fourth-order valence-electron chi connectivity index (χ4n) is 3.15. The van der Waals surface area contributed by atoms with Crippen LogP contribution in [0.1, 0.15) is 18.4 Å². The number of aromatic amines is 1. The molecule has 1 aromatic heterocycles. The van der Waals surface area contributed by atoms with E-state index < -0.39 is 10.0 Å². The third-order valence-corrected chi connectivity index (χ3v) is 6.56. The predicted octanol–water partition coefficient (Wildman–Crippen LogP) is 3.39. The van der Waals surface area contributed by atoms with Crippen molar-refractivity contribution in [3.63, 3.8) is 0 Å². The summed E-state index contributed by atoms with van der Waals surface area (Å²) in [6.45, 7) is 0. The molecule has 7 nitrogen and oxygen atoms in total. The number of nitrogens with one attached hydrogen (secondary N) is 2. The molecule has 0 saturated heterocycles. The molecule has 154 valence electrons. The van der Waals surface area contributed by atoms with E-state index in [1.54, 1.807) is 0 Å². The monoisotopic (exact) mass is 415 g/mol. The first kappa shape index (κ1) is 20.9. The highest BCUT2D eigenvalue weighted by Crippen LogP contribution is 2.29. The number of carbonyl (C=O) groups excluding carboxylic acids is 1. The summed E-state index contributed by atoms with van der Waals surface area (Å²) in [6, 6.07) is 12.5. The molecule has 3 aromatic rings. The molecule has 0 spiro atoms. The van der Waals surface area contributed by atoms with Gasteiger partial charge in [0.15, 0.2) is 0 Å². The maximum Gasteiger partial charge on any atom is 0.242 e. The van der Waals surface area contributed by atoms with Crippen molar-refractivity contribution in [2.45, 2.75) is 24.2 Å². The highest BCUT2D eigenvalue weighted by Gasteiger charge is 2.19. The van der Waals surface area contributed by atoms with Crippen LogP contribution in [0.5, 0.6) is 5.75 Å². The zero-order valence-corrected chi connectivity index (χ0v) is 17.5. The third kappa shape index (κ3) is 4.60. The molecule has 3 rings (SSSR count). The molecule has 29 heavy (non-hydrogen) atoms. The maximum absolute atomic E-state index is 12.4. The lowest BCUT2D eigenvalue weighted by molar-refractivity contribution is -0.116. The predicted molar refractivity (Wildman–Crippen MR) is 114 cm³/mol. The Morgan fingerprint density at radius 3 is 2.66 bits per heavy atom. The van der Waals surface area contributed by atoms with Crippen molar-refractivity contribution in [3.05, 3.63) is 54.2 Å². The molecule has 0 unspecified atom stereocenters. The molecule has 0 aliphatic rings. The number of sulfonamides is 1. The van der Waals surface area contributed by atoms with Crippen LogP contribution >= 0.6 is 0 Å². The molecule has 1 heterocycles. The van der Waals surface area contributed by atoms with Crippen molar-refractivity contribution >= 4 is 32.5 Å². The SMILES string of the molecule is COc1ccc(S(=O)(=O)N(C)C)cc1NC(=O)CCCc1c[nH]c2ccccc12. The fourth-order valence-corrected chi connectivity index (χ4v) is 4.08. The van der Waals surface area contributed by atoms with Gasteiger partial charge in [0.25, 0.3) is 0 Å². The van der Waals surface area contributed by atoms with Gasteiger partial charge in [0.2, 0.25) is 15.9 Å².